The molecule has 5 nitrogen and oxygen atoms in total. The number of hydrogen-bond donors (Lipinski definition) is 0. The molecule has 1 aromatic rings. The van der Waals surface area contributed by atoms with Crippen molar-refractivity contribution in [3.8, 4) is 5.75 Å². The van der Waals surface area contributed by atoms with E-state index in [9.17, 15) is 10.1 Å². The van der Waals surface area contributed by atoms with Gasteiger partial charge in [0.25, 0.3) is 5.69 Å². The first-order valence-electron chi connectivity index (χ1n) is 4.08. The van der Waals surface area contributed by atoms with Crippen LogP contribution in [0, 0.1) is 10.1 Å². The number of fused-ring (bicyclic) bond motifs is 2. The molecule has 2 aliphatic rings. The Morgan fingerprint density at radius 2 is 2.29 bits per heavy atom. The standard InChI is InChI=1S/C9H5NO4/c11-10(12)5-1-2-6-7(3-5)13-4-8-9(6)14-8/h1-3H,4H2. The van der Waals surface area contributed by atoms with Crippen LogP contribution in [0.4, 0.5) is 5.69 Å². The highest BCUT2D eigenvalue weighted by molar-refractivity contribution is 5.78. The molecule has 0 radical (unpaired) electrons. The highest BCUT2D eigenvalue weighted by atomic mass is 16.6. The fourth-order valence-corrected chi connectivity index (χ4v) is 1.47. The van der Waals surface area contributed by atoms with E-state index in [4.69, 9.17) is 9.47 Å². The predicted molar refractivity (Wildman–Crippen MR) is 46.6 cm³/mol. The third-order valence-electron chi connectivity index (χ3n) is 2.22. The highest BCUT2D eigenvalue weighted by Crippen LogP contribution is 2.45. The number of ether oxygens (including phenoxy) is 2. The fourth-order valence-electron chi connectivity index (χ4n) is 1.47. The topological polar surface area (TPSA) is 64.9 Å². The molecule has 0 atom stereocenters. The monoisotopic (exact) mass is 191 g/mol. The number of non-ortho nitro benzene ring substituents is 1. The minimum atomic E-state index is -0.443. The second-order valence-corrected chi connectivity index (χ2v) is 3.08. The Balaban J connectivity index is 2.12. The Labute approximate surface area is 78.7 Å². The van der Waals surface area contributed by atoms with Crippen molar-refractivity contribution in [1.82, 2.24) is 0 Å². The average molecular weight is 191 g/mol. The van der Waals surface area contributed by atoms with Crippen LogP contribution < -0.4 is 4.74 Å². The van der Waals surface area contributed by atoms with Crippen molar-refractivity contribution >= 4 is 11.4 Å². The maximum absolute atomic E-state index is 10.5. The zero-order valence-corrected chi connectivity index (χ0v) is 7.02. The van der Waals surface area contributed by atoms with E-state index in [1.165, 1.54) is 12.1 Å². The van der Waals surface area contributed by atoms with Gasteiger partial charge in [0.05, 0.1) is 16.6 Å². The lowest BCUT2D eigenvalue weighted by atomic mass is 10.1. The van der Waals surface area contributed by atoms with Crippen LogP contribution in [0.5, 0.6) is 5.75 Å². The Morgan fingerprint density at radius 1 is 1.43 bits per heavy atom. The fraction of sp³-hybridized carbons (Fsp3) is 0.111. The summed E-state index contributed by atoms with van der Waals surface area (Å²) in [5, 5.41) is 10.5. The zero-order valence-electron chi connectivity index (χ0n) is 7.02. The molecule has 0 amide bonds. The van der Waals surface area contributed by atoms with Gasteiger partial charge >= 0.3 is 0 Å². The van der Waals surface area contributed by atoms with Crippen LogP contribution in [0.2, 0.25) is 0 Å². The molecule has 1 aromatic carbocycles. The second kappa shape index (κ2) is 2.25. The van der Waals surface area contributed by atoms with Crippen LogP contribution in [-0.2, 0) is 4.74 Å². The van der Waals surface area contributed by atoms with Gasteiger partial charge in [-0.1, -0.05) is 0 Å². The van der Waals surface area contributed by atoms with E-state index >= 15 is 0 Å². The van der Waals surface area contributed by atoms with Gasteiger partial charge in [-0.05, 0) is 6.07 Å². The molecule has 0 N–H and O–H groups in total. The average Bonchev–Trinajstić information content (AvgIpc) is 2.95. The normalized spacial score (nSPS) is 16.3. The van der Waals surface area contributed by atoms with E-state index in [0.717, 1.165) is 17.1 Å². The van der Waals surface area contributed by atoms with Crippen LogP contribution in [0.3, 0.4) is 0 Å². The first-order chi connectivity index (χ1) is 6.75. The number of rotatable bonds is 1. The van der Waals surface area contributed by atoms with E-state index < -0.39 is 4.92 Å². The molecule has 0 saturated carbocycles. The van der Waals surface area contributed by atoms with Gasteiger partial charge in [0.2, 0.25) is 0 Å². The molecule has 0 aliphatic carbocycles. The summed E-state index contributed by atoms with van der Waals surface area (Å²) >= 11 is 0. The molecule has 3 rings (SSSR count). The maximum atomic E-state index is 10.5. The van der Waals surface area contributed by atoms with Gasteiger partial charge in [-0.25, -0.2) is 0 Å². The zero-order chi connectivity index (χ0) is 9.71. The number of nitro groups is 1. The summed E-state index contributed by atoms with van der Waals surface area (Å²) in [7, 11) is 0. The molecular formula is C9H5NO4. The first kappa shape index (κ1) is 7.37. The first-order valence-corrected chi connectivity index (χ1v) is 4.08. The van der Waals surface area contributed by atoms with E-state index in [1.807, 2.05) is 0 Å². The van der Waals surface area contributed by atoms with Crippen LogP contribution in [0.15, 0.2) is 24.0 Å². The van der Waals surface area contributed by atoms with Crippen molar-refractivity contribution in [2.24, 2.45) is 0 Å². The summed E-state index contributed by atoms with van der Waals surface area (Å²) in [6.07, 6.45) is 0. The smallest absolute Gasteiger partial charge is 0.273 e. The Kier molecular flexibility index (Phi) is 1.19. The summed E-state index contributed by atoms with van der Waals surface area (Å²) in [4.78, 5) is 10.0. The van der Waals surface area contributed by atoms with E-state index in [2.05, 4.69) is 0 Å². The minimum Gasteiger partial charge on any atom is -0.484 e. The van der Waals surface area contributed by atoms with Crippen molar-refractivity contribution in [2.45, 2.75) is 0 Å². The van der Waals surface area contributed by atoms with E-state index in [0.29, 0.717) is 12.4 Å². The SMILES string of the molecule is O=[N+]([O-])c1ccc2c(c1)OCC1=C2O1. The number of nitro benzene ring substituents is 1. The molecule has 70 valence electrons. The lowest BCUT2D eigenvalue weighted by Crippen LogP contribution is -2.01. The molecule has 0 saturated heterocycles. The van der Waals surface area contributed by atoms with Crippen molar-refractivity contribution in [2.75, 3.05) is 6.61 Å². The molecule has 0 aromatic heterocycles. The third kappa shape index (κ3) is 0.891. The van der Waals surface area contributed by atoms with E-state index in [-0.39, 0.29) is 5.69 Å². The summed E-state index contributed by atoms with van der Waals surface area (Å²) in [6, 6.07) is 4.51. The number of hydrogen-bond acceptors (Lipinski definition) is 4. The molecule has 0 bridgehead atoms. The van der Waals surface area contributed by atoms with Gasteiger partial charge in [-0.3, -0.25) is 10.1 Å². The van der Waals surface area contributed by atoms with E-state index in [1.54, 1.807) is 6.07 Å². The molecule has 0 fully saturated rings. The van der Waals surface area contributed by atoms with Crippen molar-refractivity contribution in [3.63, 3.8) is 0 Å². The molecule has 14 heavy (non-hydrogen) atoms. The van der Waals surface area contributed by atoms with Crippen LogP contribution in [0.1, 0.15) is 5.56 Å². The van der Waals surface area contributed by atoms with Gasteiger partial charge in [0, 0.05) is 6.07 Å². The largest absolute Gasteiger partial charge is 0.484 e. The van der Waals surface area contributed by atoms with Gasteiger partial charge in [-0.2, -0.15) is 0 Å². The molecule has 2 aliphatic heterocycles. The highest BCUT2D eigenvalue weighted by Gasteiger charge is 2.34. The van der Waals surface area contributed by atoms with Crippen molar-refractivity contribution in [1.29, 1.82) is 0 Å². The van der Waals surface area contributed by atoms with Gasteiger partial charge in [0.15, 0.2) is 11.5 Å². The molecular weight excluding hydrogens is 186 g/mol. The van der Waals surface area contributed by atoms with Crippen molar-refractivity contribution < 1.29 is 14.4 Å². The van der Waals surface area contributed by atoms with Crippen molar-refractivity contribution in [3.05, 3.63) is 39.6 Å². The Bertz CT molecular complexity index is 478. The van der Waals surface area contributed by atoms with Crippen LogP contribution in [-0.4, -0.2) is 11.5 Å². The summed E-state index contributed by atoms with van der Waals surface area (Å²) in [6.45, 7) is 0.378. The maximum Gasteiger partial charge on any atom is 0.273 e. The second-order valence-electron chi connectivity index (χ2n) is 3.08. The Morgan fingerprint density at radius 3 is 3.07 bits per heavy atom. The Hall–Kier alpha value is -2.04. The summed E-state index contributed by atoms with van der Waals surface area (Å²) in [5.41, 5.74) is 0.838. The lowest BCUT2D eigenvalue weighted by Gasteiger charge is -2.06. The summed E-state index contributed by atoms with van der Waals surface area (Å²) < 4.78 is 10.4. The number of benzene rings is 1. The number of nitrogens with zero attached hydrogens (tertiary/aromatic N) is 1. The molecule has 0 spiro atoms. The van der Waals surface area contributed by atoms with Gasteiger partial charge in [-0.15, -0.1) is 0 Å². The molecule has 2 heterocycles. The van der Waals surface area contributed by atoms with Crippen LogP contribution in [0.25, 0.3) is 5.76 Å². The molecule has 0 unspecified atom stereocenters. The van der Waals surface area contributed by atoms with Gasteiger partial charge in [0.1, 0.15) is 12.4 Å². The third-order valence-corrected chi connectivity index (χ3v) is 2.22. The summed E-state index contributed by atoms with van der Waals surface area (Å²) in [5.74, 6) is 2.16. The lowest BCUT2D eigenvalue weighted by molar-refractivity contribution is -0.384. The quantitative estimate of drug-likeness (QED) is 0.500. The van der Waals surface area contributed by atoms with Gasteiger partial charge < -0.3 is 9.47 Å². The molecule has 5 heteroatoms. The predicted octanol–water partition coefficient (Wildman–Crippen LogP) is 1.69. The minimum absolute atomic E-state index is 0.0356. The van der Waals surface area contributed by atoms with Crippen LogP contribution >= 0.6 is 0 Å².